The first-order chi connectivity index (χ1) is 9.29. The number of phenolic OH excluding ortho intramolecular Hbond substituents is 1. The summed E-state index contributed by atoms with van der Waals surface area (Å²) in [6, 6.07) is 15.0. The Morgan fingerprint density at radius 3 is 2.32 bits per heavy atom. The van der Waals surface area contributed by atoms with Crippen LogP contribution in [0.4, 0.5) is 0 Å². The number of aliphatic imine (C=N–C) groups is 1. The van der Waals surface area contributed by atoms with Crippen LogP contribution in [0.5, 0.6) is 5.75 Å². The molecule has 0 amide bonds. The molecular weight excluding hydrogens is 238 g/mol. The predicted molar refractivity (Wildman–Crippen MR) is 76.6 cm³/mol. The van der Waals surface area contributed by atoms with Crippen molar-refractivity contribution in [3.05, 3.63) is 65.2 Å². The van der Waals surface area contributed by atoms with Crippen LogP contribution in [0.25, 0.3) is 0 Å². The highest BCUT2D eigenvalue weighted by atomic mass is 16.3. The number of aromatic hydroxyl groups is 1. The Bertz CT molecular complexity index is 547. The maximum atomic E-state index is 9.57. The molecule has 19 heavy (non-hydrogen) atoms. The fourth-order valence-corrected chi connectivity index (χ4v) is 1.76. The number of benzene rings is 2. The van der Waals surface area contributed by atoms with E-state index in [9.17, 15) is 5.11 Å². The molecule has 0 atom stereocenters. The highest BCUT2D eigenvalue weighted by Gasteiger charge is 1.95. The second kappa shape index (κ2) is 6.71. The molecule has 2 N–H and O–H groups in total. The van der Waals surface area contributed by atoms with Crippen molar-refractivity contribution in [2.45, 2.75) is 13.0 Å². The second-order valence-corrected chi connectivity index (χ2v) is 4.32. The third-order valence-corrected chi connectivity index (χ3v) is 2.90. The topological polar surface area (TPSA) is 52.8 Å². The summed E-state index contributed by atoms with van der Waals surface area (Å²) in [7, 11) is 0. The minimum atomic E-state index is 0.0751. The fourth-order valence-electron chi connectivity index (χ4n) is 1.76. The summed E-state index contributed by atoms with van der Waals surface area (Å²) in [4.78, 5) is 4.31. The number of rotatable bonds is 5. The van der Waals surface area contributed by atoms with Crippen molar-refractivity contribution in [3.63, 3.8) is 0 Å². The molecule has 0 saturated heterocycles. The van der Waals surface area contributed by atoms with Crippen molar-refractivity contribution in [1.82, 2.24) is 0 Å². The Hall–Kier alpha value is -2.13. The van der Waals surface area contributed by atoms with Gasteiger partial charge in [-0.2, -0.15) is 0 Å². The van der Waals surface area contributed by atoms with Crippen molar-refractivity contribution in [2.75, 3.05) is 6.54 Å². The summed E-state index contributed by atoms with van der Waals surface area (Å²) in [5.41, 5.74) is 2.84. The van der Waals surface area contributed by atoms with Gasteiger partial charge in [-0.1, -0.05) is 36.4 Å². The largest absolute Gasteiger partial charge is 0.507 e. The molecule has 2 aromatic rings. The van der Waals surface area contributed by atoms with Crippen molar-refractivity contribution in [2.24, 2.45) is 4.99 Å². The minimum Gasteiger partial charge on any atom is -0.507 e. The highest BCUT2D eigenvalue weighted by Crippen LogP contribution is 2.12. The van der Waals surface area contributed by atoms with Crippen LogP contribution < -0.4 is 0 Å². The van der Waals surface area contributed by atoms with E-state index >= 15 is 0 Å². The van der Waals surface area contributed by atoms with Crippen LogP contribution in [0, 0.1) is 0 Å². The standard InChI is InChI=1S/C16H17NO2/c18-12-14-7-5-13(6-8-14)9-10-17-11-15-3-1-2-4-16(15)19/h1-8,11,18-19H,9-10,12H2. The van der Waals surface area contributed by atoms with E-state index in [-0.39, 0.29) is 12.4 Å². The lowest BCUT2D eigenvalue weighted by Crippen LogP contribution is -1.92. The van der Waals surface area contributed by atoms with Gasteiger partial charge in [0.2, 0.25) is 0 Å². The number of aliphatic hydroxyl groups is 1. The molecule has 98 valence electrons. The monoisotopic (exact) mass is 255 g/mol. The molecule has 0 radical (unpaired) electrons. The van der Waals surface area contributed by atoms with Gasteiger partial charge in [0, 0.05) is 18.3 Å². The van der Waals surface area contributed by atoms with Crippen molar-refractivity contribution in [3.8, 4) is 5.75 Å². The summed E-state index contributed by atoms with van der Waals surface area (Å²) in [5.74, 6) is 0.249. The molecule has 0 heterocycles. The lowest BCUT2D eigenvalue weighted by molar-refractivity contribution is 0.282. The summed E-state index contributed by atoms with van der Waals surface area (Å²) < 4.78 is 0. The summed E-state index contributed by atoms with van der Waals surface area (Å²) in [6.07, 6.45) is 2.53. The molecule has 3 heteroatoms. The highest BCUT2D eigenvalue weighted by molar-refractivity contribution is 5.83. The van der Waals surface area contributed by atoms with E-state index in [1.807, 2.05) is 36.4 Å². The van der Waals surface area contributed by atoms with Crippen LogP contribution in [0.15, 0.2) is 53.5 Å². The molecule has 2 rings (SSSR count). The Morgan fingerprint density at radius 2 is 1.63 bits per heavy atom. The fraction of sp³-hybridized carbons (Fsp3) is 0.188. The summed E-state index contributed by atoms with van der Waals surface area (Å²) >= 11 is 0. The van der Waals surface area contributed by atoms with Gasteiger partial charge in [-0.25, -0.2) is 0 Å². The minimum absolute atomic E-state index is 0.0751. The molecule has 3 nitrogen and oxygen atoms in total. The van der Waals surface area contributed by atoms with E-state index in [1.165, 1.54) is 5.56 Å². The van der Waals surface area contributed by atoms with Crippen molar-refractivity contribution >= 4 is 6.21 Å². The number of hydrogen-bond donors (Lipinski definition) is 2. The van der Waals surface area contributed by atoms with Crippen LogP contribution in [0.2, 0.25) is 0 Å². The van der Waals surface area contributed by atoms with Gasteiger partial charge in [0.1, 0.15) is 5.75 Å². The van der Waals surface area contributed by atoms with Gasteiger partial charge < -0.3 is 10.2 Å². The van der Waals surface area contributed by atoms with Gasteiger partial charge in [-0.15, -0.1) is 0 Å². The Morgan fingerprint density at radius 1 is 0.947 bits per heavy atom. The predicted octanol–water partition coefficient (Wildman–Crippen LogP) is 2.55. The molecule has 0 bridgehead atoms. The van der Waals surface area contributed by atoms with Crippen molar-refractivity contribution in [1.29, 1.82) is 0 Å². The Labute approximate surface area is 112 Å². The van der Waals surface area contributed by atoms with E-state index < -0.39 is 0 Å². The molecule has 0 aliphatic carbocycles. The smallest absolute Gasteiger partial charge is 0.124 e. The van der Waals surface area contributed by atoms with Crippen LogP contribution in [-0.4, -0.2) is 23.0 Å². The zero-order valence-electron chi connectivity index (χ0n) is 10.7. The first kappa shape index (κ1) is 13.3. The normalized spacial score (nSPS) is 11.0. The van der Waals surface area contributed by atoms with Gasteiger partial charge in [0.05, 0.1) is 6.61 Å². The number of nitrogens with zero attached hydrogens (tertiary/aromatic N) is 1. The van der Waals surface area contributed by atoms with Gasteiger partial charge in [-0.05, 0) is 29.7 Å². The van der Waals surface area contributed by atoms with Crippen LogP contribution in [-0.2, 0) is 13.0 Å². The molecule has 0 unspecified atom stereocenters. The van der Waals surface area contributed by atoms with Gasteiger partial charge in [0.15, 0.2) is 0 Å². The molecule has 0 aliphatic heterocycles. The molecular formula is C16H17NO2. The Balaban J connectivity index is 1.87. The lowest BCUT2D eigenvalue weighted by Gasteiger charge is -2.00. The van der Waals surface area contributed by atoms with E-state index in [2.05, 4.69) is 4.99 Å². The maximum Gasteiger partial charge on any atom is 0.124 e. The van der Waals surface area contributed by atoms with Crippen LogP contribution in [0.3, 0.4) is 0 Å². The van der Waals surface area contributed by atoms with Gasteiger partial charge >= 0.3 is 0 Å². The third-order valence-electron chi connectivity index (χ3n) is 2.90. The molecule has 0 aliphatic rings. The molecule has 0 fully saturated rings. The zero-order valence-corrected chi connectivity index (χ0v) is 10.7. The summed E-state index contributed by atoms with van der Waals surface area (Å²) in [6.45, 7) is 0.749. The third kappa shape index (κ3) is 3.93. The van der Waals surface area contributed by atoms with E-state index in [0.29, 0.717) is 6.54 Å². The number of phenols is 1. The molecule has 0 aromatic heterocycles. The molecule has 0 spiro atoms. The average Bonchev–Trinajstić information content (AvgIpc) is 2.46. The van der Waals surface area contributed by atoms with Gasteiger partial charge in [0.25, 0.3) is 0 Å². The van der Waals surface area contributed by atoms with Crippen LogP contribution in [0.1, 0.15) is 16.7 Å². The van der Waals surface area contributed by atoms with E-state index in [0.717, 1.165) is 17.5 Å². The average molecular weight is 255 g/mol. The van der Waals surface area contributed by atoms with Gasteiger partial charge in [-0.3, -0.25) is 4.99 Å². The van der Waals surface area contributed by atoms with E-state index in [4.69, 9.17) is 5.11 Å². The van der Waals surface area contributed by atoms with Crippen LogP contribution >= 0.6 is 0 Å². The number of para-hydroxylation sites is 1. The number of aliphatic hydroxyl groups excluding tert-OH is 1. The van der Waals surface area contributed by atoms with Crippen molar-refractivity contribution < 1.29 is 10.2 Å². The SMILES string of the molecule is OCc1ccc(CCN=Cc2ccccc2O)cc1. The second-order valence-electron chi connectivity index (χ2n) is 4.32. The Kier molecular flexibility index (Phi) is 4.70. The first-order valence-corrected chi connectivity index (χ1v) is 6.26. The zero-order chi connectivity index (χ0) is 13.5. The molecule has 2 aromatic carbocycles. The lowest BCUT2D eigenvalue weighted by atomic mass is 10.1. The first-order valence-electron chi connectivity index (χ1n) is 6.26. The number of hydrogen-bond acceptors (Lipinski definition) is 3. The molecule has 0 saturated carbocycles. The van der Waals surface area contributed by atoms with E-state index in [1.54, 1.807) is 18.3 Å². The maximum absolute atomic E-state index is 9.57. The quantitative estimate of drug-likeness (QED) is 0.807. The summed E-state index contributed by atoms with van der Waals surface area (Å²) in [5, 5.41) is 18.5.